The van der Waals surface area contributed by atoms with Crippen LogP contribution in [-0.4, -0.2) is 17.3 Å². The van der Waals surface area contributed by atoms with Gasteiger partial charge in [0, 0.05) is 35.5 Å². The maximum Gasteiger partial charge on any atom is 0.139 e. The molecule has 7 aliphatic carbocycles. The predicted molar refractivity (Wildman–Crippen MR) is 140 cm³/mol. The van der Waals surface area contributed by atoms with Crippen LogP contribution in [0.1, 0.15) is 97.8 Å². The fourth-order valence-electron chi connectivity index (χ4n) is 12.2. The average Bonchev–Trinajstić information content (AvgIpc) is 3.48. The molecule has 7 saturated carbocycles. The Morgan fingerprint density at radius 3 is 1.00 bits per heavy atom. The Labute approximate surface area is 218 Å². The van der Waals surface area contributed by atoms with E-state index in [0.29, 0.717) is 52.9 Å². The Bertz CT molecular complexity index is 806. The molecule has 7 fully saturated rings. The normalized spacial score (nSPS) is 55.4. The second-order valence-electron chi connectivity index (χ2n) is 14.6. The number of fused-ring (bicyclic) bond motifs is 12. The fraction of sp³-hybridized carbons (Fsp3) is 0.909. The number of ketones is 3. The van der Waals surface area contributed by atoms with E-state index in [2.05, 4.69) is 20.8 Å². The third-order valence-electron chi connectivity index (χ3n) is 13.8. The zero-order chi connectivity index (χ0) is 24.9. The van der Waals surface area contributed by atoms with E-state index < -0.39 is 0 Å². The van der Waals surface area contributed by atoms with Crippen molar-refractivity contribution >= 4 is 17.3 Å². The quantitative estimate of drug-likeness (QED) is 0.437. The Morgan fingerprint density at radius 1 is 0.472 bits per heavy atom. The van der Waals surface area contributed by atoms with E-state index >= 15 is 0 Å². The molecule has 0 N–H and O–H groups in total. The van der Waals surface area contributed by atoms with Crippen molar-refractivity contribution in [1.29, 1.82) is 0 Å². The molecule has 0 bridgehead atoms. The molecule has 9 unspecified atom stereocenters. The highest BCUT2D eigenvalue weighted by molar-refractivity contribution is 5.96. The van der Waals surface area contributed by atoms with Crippen molar-refractivity contribution in [3.8, 4) is 0 Å². The van der Waals surface area contributed by atoms with Gasteiger partial charge in [-0.1, -0.05) is 59.3 Å². The summed E-state index contributed by atoms with van der Waals surface area (Å²) in [6.45, 7) is 6.85. The number of Topliss-reactive ketones (excluding diaryl/α,β-unsaturated/α-hetero) is 3. The summed E-state index contributed by atoms with van der Waals surface area (Å²) in [6.07, 6.45) is 13.9. The van der Waals surface area contributed by atoms with Gasteiger partial charge in [-0.25, -0.2) is 0 Å². The van der Waals surface area contributed by atoms with Crippen LogP contribution in [0.25, 0.3) is 0 Å². The van der Waals surface area contributed by atoms with Gasteiger partial charge in [0.2, 0.25) is 0 Å². The minimum absolute atomic E-state index is 0.0186. The van der Waals surface area contributed by atoms with Crippen LogP contribution in [0.3, 0.4) is 0 Å². The largest absolute Gasteiger partial charge is 0.299 e. The van der Waals surface area contributed by atoms with Crippen molar-refractivity contribution in [2.75, 3.05) is 0 Å². The number of rotatable bonds is 3. The molecule has 0 spiro atoms. The van der Waals surface area contributed by atoms with Crippen molar-refractivity contribution in [3.05, 3.63) is 0 Å². The standard InChI is InChI=1S/C33H48O3/c1-4-16-7-10-19-22(13-16)31(34)28-25(19)29-27(21-12-9-18(6-3)15-24(21)32(29)35)30-26(28)20-11-8-17(5-2)14-23(20)33(30)36/h16-30H,4-15H2,1-3H3. The summed E-state index contributed by atoms with van der Waals surface area (Å²) >= 11 is 0. The lowest BCUT2D eigenvalue weighted by atomic mass is 9.54. The lowest BCUT2D eigenvalue weighted by Crippen LogP contribution is -2.49. The van der Waals surface area contributed by atoms with Gasteiger partial charge in [0.25, 0.3) is 0 Å². The summed E-state index contributed by atoms with van der Waals surface area (Å²) in [5.74, 6) is 6.20. The van der Waals surface area contributed by atoms with Crippen molar-refractivity contribution in [1.82, 2.24) is 0 Å². The van der Waals surface area contributed by atoms with E-state index in [1.807, 2.05) is 0 Å². The van der Waals surface area contributed by atoms with E-state index in [1.165, 1.54) is 38.5 Å². The van der Waals surface area contributed by atoms with Gasteiger partial charge in [-0.05, 0) is 91.8 Å². The van der Waals surface area contributed by atoms with Gasteiger partial charge in [-0.2, -0.15) is 0 Å². The third kappa shape index (κ3) is 3.13. The first-order valence-corrected chi connectivity index (χ1v) is 16.1. The second-order valence-corrected chi connectivity index (χ2v) is 14.6. The Hall–Kier alpha value is -0.990. The van der Waals surface area contributed by atoms with Gasteiger partial charge >= 0.3 is 0 Å². The molecule has 3 nitrogen and oxygen atoms in total. The molecule has 0 saturated heterocycles. The minimum Gasteiger partial charge on any atom is -0.299 e. The maximum atomic E-state index is 14.4. The number of carbonyl (C=O) groups is 3. The van der Waals surface area contributed by atoms with Crippen molar-refractivity contribution < 1.29 is 14.4 Å². The molecule has 0 aromatic carbocycles. The first-order chi connectivity index (χ1) is 17.5. The first-order valence-electron chi connectivity index (χ1n) is 16.1. The zero-order valence-electron chi connectivity index (χ0n) is 22.9. The number of hydrogen-bond donors (Lipinski definition) is 0. The van der Waals surface area contributed by atoms with E-state index in [-0.39, 0.29) is 53.3 Å². The van der Waals surface area contributed by atoms with Crippen LogP contribution >= 0.6 is 0 Å². The number of hydrogen-bond acceptors (Lipinski definition) is 3. The van der Waals surface area contributed by atoms with Crippen LogP contribution in [0.5, 0.6) is 0 Å². The van der Waals surface area contributed by atoms with Gasteiger partial charge in [-0.3, -0.25) is 14.4 Å². The highest BCUT2D eigenvalue weighted by Gasteiger charge is 2.73. The van der Waals surface area contributed by atoms with Crippen molar-refractivity contribution in [3.63, 3.8) is 0 Å². The molecule has 7 rings (SSSR count). The molecule has 3 heteroatoms. The van der Waals surface area contributed by atoms with Crippen LogP contribution < -0.4 is 0 Å². The van der Waals surface area contributed by atoms with Gasteiger partial charge in [0.15, 0.2) is 0 Å². The highest BCUT2D eigenvalue weighted by Crippen LogP contribution is 2.70. The third-order valence-corrected chi connectivity index (χ3v) is 13.8. The van der Waals surface area contributed by atoms with Crippen LogP contribution in [0.15, 0.2) is 0 Å². The van der Waals surface area contributed by atoms with E-state index in [0.717, 1.165) is 38.5 Å². The van der Waals surface area contributed by atoms with Crippen LogP contribution in [0.2, 0.25) is 0 Å². The summed E-state index contributed by atoms with van der Waals surface area (Å²) in [7, 11) is 0. The minimum atomic E-state index is 0.0186. The van der Waals surface area contributed by atoms with E-state index in [1.54, 1.807) is 0 Å². The molecule has 36 heavy (non-hydrogen) atoms. The summed E-state index contributed by atoms with van der Waals surface area (Å²) in [4.78, 5) is 43.1. The molecule has 0 aromatic rings. The van der Waals surface area contributed by atoms with Gasteiger partial charge in [0.05, 0.1) is 0 Å². The molecule has 0 radical (unpaired) electrons. The van der Waals surface area contributed by atoms with Crippen molar-refractivity contribution in [2.45, 2.75) is 97.8 Å². The summed E-state index contributed by atoms with van der Waals surface area (Å²) in [6, 6.07) is 0. The molecule has 0 amide bonds. The lowest BCUT2D eigenvalue weighted by molar-refractivity contribution is -0.138. The van der Waals surface area contributed by atoms with Crippen LogP contribution in [0, 0.1) is 88.8 Å². The molecule has 9 atom stereocenters. The molecule has 198 valence electrons. The summed E-state index contributed by atoms with van der Waals surface area (Å²) in [5.41, 5.74) is 0. The molecule has 0 aromatic heterocycles. The smallest absolute Gasteiger partial charge is 0.139 e. The van der Waals surface area contributed by atoms with Crippen LogP contribution in [-0.2, 0) is 14.4 Å². The lowest BCUT2D eigenvalue weighted by Gasteiger charge is -2.48. The second kappa shape index (κ2) is 8.77. The molecular formula is C33H48O3. The SMILES string of the molecule is CCC1CCC2C(C1)C(=O)C1C2C2C(=O)C3CC(CC)CCC3C2C2C(=O)C3CC(CC)CCC3C12. The van der Waals surface area contributed by atoms with Crippen LogP contribution in [0.4, 0.5) is 0 Å². The van der Waals surface area contributed by atoms with E-state index in [4.69, 9.17) is 0 Å². The Balaban J connectivity index is 1.32. The van der Waals surface area contributed by atoms with Gasteiger partial charge in [0.1, 0.15) is 17.3 Å². The summed E-state index contributed by atoms with van der Waals surface area (Å²) < 4.78 is 0. The number of carbonyl (C=O) groups excluding carboxylic acids is 3. The Morgan fingerprint density at radius 2 is 0.750 bits per heavy atom. The highest BCUT2D eigenvalue weighted by atomic mass is 16.1. The summed E-state index contributed by atoms with van der Waals surface area (Å²) in [5, 5.41) is 0. The Kier molecular flexibility index (Phi) is 5.86. The topological polar surface area (TPSA) is 51.2 Å². The molecule has 0 heterocycles. The van der Waals surface area contributed by atoms with Gasteiger partial charge in [-0.15, -0.1) is 0 Å². The molecular weight excluding hydrogens is 444 g/mol. The monoisotopic (exact) mass is 492 g/mol. The zero-order valence-corrected chi connectivity index (χ0v) is 22.9. The fourth-order valence-corrected chi connectivity index (χ4v) is 12.2. The molecule has 7 aliphatic rings. The predicted octanol–water partition coefficient (Wildman–Crippen LogP) is 6.77. The van der Waals surface area contributed by atoms with Gasteiger partial charge < -0.3 is 0 Å². The van der Waals surface area contributed by atoms with Crippen molar-refractivity contribution in [2.24, 2.45) is 88.8 Å². The average molecular weight is 493 g/mol. The maximum absolute atomic E-state index is 14.4. The van der Waals surface area contributed by atoms with E-state index in [9.17, 15) is 14.4 Å². The first kappa shape index (κ1) is 24.1. The molecule has 0 aliphatic heterocycles.